The minimum Gasteiger partial charge on any atom is -0.383 e. The number of H-pyrrole nitrogens is 1. The van der Waals surface area contributed by atoms with E-state index in [1.165, 1.54) is 17.4 Å². The Balaban J connectivity index is 1.70. The second-order valence-electron chi connectivity index (χ2n) is 6.75. The number of methoxy groups -OCH3 is 1. The molecule has 0 spiro atoms. The van der Waals surface area contributed by atoms with E-state index in [1.54, 1.807) is 16.5 Å². The quantitative estimate of drug-likeness (QED) is 0.526. The monoisotopic (exact) mass is 411 g/mol. The van der Waals surface area contributed by atoms with Gasteiger partial charge in [-0.05, 0) is 26.0 Å². The molecule has 3 aromatic heterocycles. The smallest absolute Gasteiger partial charge is 0.266 e. The predicted octanol–water partition coefficient (Wildman–Crippen LogP) is 2.47. The molecule has 1 amide bonds. The summed E-state index contributed by atoms with van der Waals surface area (Å²) < 4.78 is 7.85. The van der Waals surface area contributed by atoms with E-state index in [9.17, 15) is 9.59 Å². The number of carbonyl (C=O) groups excluding carboxylic acids is 1. The van der Waals surface area contributed by atoms with Crippen molar-refractivity contribution in [3.8, 4) is 0 Å². The van der Waals surface area contributed by atoms with E-state index in [1.807, 2.05) is 38.1 Å². The molecule has 0 unspecified atom stereocenters. The van der Waals surface area contributed by atoms with Crippen molar-refractivity contribution in [1.29, 1.82) is 0 Å². The van der Waals surface area contributed by atoms with Gasteiger partial charge in [-0.3, -0.25) is 19.6 Å². The van der Waals surface area contributed by atoms with E-state index in [2.05, 4.69) is 15.1 Å². The number of hydrogen-bond donors (Lipinski definition) is 1. The Morgan fingerprint density at radius 2 is 2.07 bits per heavy atom. The summed E-state index contributed by atoms with van der Waals surface area (Å²) in [4.78, 5) is 35.7. The summed E-state index contributed by atoms with van der Waals surface area (Å²) in [5, 5.41) is 3.37. The number of nitrogens with one attached hydrogen (secondary N) is 1. The fourth-order valence-corrected chi connectivity index (χ4v) is 4.35. The van der Waals surface area contributed by atoms with Crippen molar-refractivity contribution in [2.45, 2.75) is 20.3 Å². The van der Waals surface area contributed by atoms with Gasteiger partial charge in [0.1, 0.15) is 0 Å². The molecule has 4 aromatic rings. The third kappa shape index (κ3) is 3.66. The summed E-state index contributed by atoms with van der Waals surface area (Å²) in [7, 11) is 1.61. The van der Waals surface area contributed by atoms with E-state index >= 15 is 0 Å². The van der Waals surface area contributed by atoms with E-state index < -0.39 is 0 Å². The Morgan fingerprint density at radius 3 is 2.83 bits per heavy atom. The zero-order valence-corrected chi connectivity index (χ0v) is 17.2. The Bertz CT molecular complexity index is 1220. The van der Waals surface area contributed by atoms with Crippen LogP contribution in [0.4, 0.5) is 5.13 Å². The van der Waals surface area contributed by atoms with Gasteiger partial charge in [-0.25, -0.2) is 14.5 Å². The molecule has 0 aliphatic rings. The lowest BCUT2D eigenvalue weighted by atomic mass is 10.1. The number of fused-ring (bicyclic) bond motifs is 2. The number of para-hydroxylation sites is 1. The molecule has 29 heavy (non-hydrogen) atoms. The van der Waals surface area contributed by atoms with Crippen molar-refractivity contribution in [2.75, 3.05) is 25.2 Å². The summed E-state index contributed by atoms with van der Waals surface area (Å²) in [5.74, 6) is -0.0945. The molecule has 0 saturated carbocycles. The van der Waals surface area contributed by atoms with Crippen LogP contribution in [0.2, 0.25) is 0 Å². The first kappa shape index (κ1) is 19.3. The van der Waals surface area contributed by atoms with Crippen molar-refractivity contribution in [1.82, 2.24) is 19.6 Å². The summed E-state index contributed by atoms with van der Waals surface area (Å²) in [6.45, 7) is 4.53. The van der Waals surface area contributed by atoms with Gasteiger partial charge in [0, 0.05) is 30.1 Å². The third-order valence-corrected chi connectivity index (χ3v) is 5.92. The van der Waals surface area contributed by atoms with Gasteiger partial charge in [-0.15, -0.1) is 0 Å². The maximum atomic E-state index is 13.3. The highest BCUT2D eigenvalue weighted by Gasteiger charge is 2.22. The molecule has 9 heteroatoms. The molecule has 0 atom stereocenters. The summed E-state index contributed by atoms with van der Waals surface area (Å²) in [6, 6.07) is 9.25. The molecule has 0 aliphatic heterocycles. The Kier molecular flexibility index (Phi) is 5.16. The number of aromatic amines is 1. The van der Waals surface area contributed by atoms with Crippen LogP contribution in [-0.4, -0.2) is 45.8 Å². The van der Waals surface area contributed by atoms with Crippen LogP contribution in [0.15, 0.2) is 35.1 Å². The van der Waals surface area contributed by atoms with Crippen LogP contribution in [0, 0.1) is 13.8 Å². The number of ether oxygens (including phenoxy) is 1. The Hall–Kier alpha value is -3.04. The molecule has 150 valence electrons. The first-order valence-electron chi connectivity index (χ1n) is 9.20. The standard InChI is InChI=1S/C20H21N5O3S/c1-12-14(13(2)25-17(21-12)11-18(26)23-25)10-19(27)24(8-9-28-3)20-22-15-6-4-5-7-16(15)29-20/h4-7,11H,8-10H2,1-3H3,(H,23,26). The number of anilines is 1. The fraction of sp³-hybridized carbons (Fsp3) is 0.300. The second-order valence-corrected chi connectivity index (χ2v) is 7.76. The highest BCUT2D eigenvalue weighted by Crippen LogP contribution is 2.29. The van der Waals surface area contributed by atoms with Crippen LogP contribution in [0.5, 0.6) is 0 Å². The van der Waals surface area contributed by atoms with Crippen molar-refractivity contribution < 1.29 is 9.53 Å². The molecule has 8 nitrogen and oxygen atoms in total. The SMILES string of the molecule is COCCN(C(=O)Cc1c(C)nc2cc(=O)[nH]n2c1C)c1nc2ccccc2s1. The first-order chi connectivity index (χ1) is 14.0. The summed E-state index contributed by atoms with van der Waals surface area (Å²) in [6.07, 6.45) is 0.153. The van der Waals surface area contributed by atoms with Crippen molar-refractivity contribution in [3.63, 3.8) is 0 Å². The van der Waals surface area contributed by atoms with Crippen LogP contribution in [-0.2, 0) is 16.0 Å². The van der Waals surface area contributed by atoms with Gasteiger partial charge in [-0.2, -0.15) is 0 Å². The first-order valence-corrected chi connectivity index (χ1v) is 10.0. The number of rotatable bonds is 6. The molecule has 0 fully saturated rings. The number of carbonyl (C=O) groups is 1. The molecule has 0 radical (unpaired) electrons. The van der Waals surface area contributed by atoms with Crippen LogP contribution in [0.1, 0.15) is 17.0 Å². The van der Waals surface area contributed by atoms with Crippen LogP contribution in [0.3, 0.4) is 0 Å². The molecule has 3 heterocycles. The van der Waals surface area contributed by atoms with Gasteiger partial charge in [0.15, 0.2) is 10.8 Å². The van der Waals surface area contributed by atoms with Gasteiger partial charge >= 0.3 is 0 Å². The lowest BCUT2D eigenvalue weighted by molar-refractivity contribution is -0.118. The Morgan fingerprint density at radius 1 is 1.28 bits per heavy atom. The van der Waals surface area contributed by atoms with Gasteiger partial charge < -0.3 is 4.74 Å². The van der Waals surface area contributed by atoms with Gasteiger partial charge in [0.05, 0.1) is 29.8 Å². The number of aryl methyl sites for hydroxylation is 2. The summed E-state index contributed by atoms with van der Waals surface area (Å²) in [5.41, 5.74) is 3.49. The second kappa shape index (κ2) is 7.76. The Labute approximate surface area is 170 Å². The minimum absolute atomic E-state index is 0.0945. The minimum atomic E-state index is -0.223. The molecular weight excluding hydrogens is 390 g/mol. The highest BCUT2D eigenvalue weighted by molar-refractivity contribution is 7.22. The molecule has 0 aliphatic carbocycles. The van der Waals surface area contributed by atoms with Gasteiger partial charge in [0.25, 0.3) is 5.56 Å². The number of nitrogens with zero attached hydrogens (tertiary/aromatic N) is 4. The maximum absolute atomic E-state index is 13.3. The largest absolute Gasteiger partial charge is 0.383 e. The molecular formula is C20H21N5O3S. The number of benzene rings is 1. The van der Waals surface area contributed by atoms with Crippen LogP contribution >= 0.6 is 11.3 Å². The number of thiazole rings is 1. The average molecular weight is 411 g/mol. The van der Waals surface area contributed by atoms with E-state index in [4.69, 9.17) is 4.74 Å². The van der Waals surface area contributed by atoms with Crippen LogP contribution in [0.25, 0.3) is 15.9 Å². The molecule has 4 rings (SSSR count). The predicted molar refractivity (Wildman–Crippen MR) is 113 cm³/mol. The molecule has 0 saturated heterocycles. The van der Waals surface area contributed by atoms with Crippen molar-refractivity contribution in [3.05, 3.63) is 57.6 Å². The van der Waals surface area contributed by atoms with Crippen LogP contribution < -0.4 is 10.5 Å². The normalized spacial score (nSPS) is 11.4. The number of hydrogen-bond acceptors (Lipinski definition) is 6. The van der Waals surface area contributed by atoms with Gasteiger partial charge in [0.2, 0.25) is 5.91 Å². The zero-order valence-electron chi connectivity index (χ0n) is 16.4. The maximum Gasteiger partial charge on any atom is 0.266 e. The van der Waals surface area contributed by atoms with E-state index in [0.717, 1.165) is 27.2 Å². The number of amides is 1. The van der Waals surface area contributed by atoms with Crippen molar-refractivity contribution in [2.24, 2.45) is 0 Å². The summed E-state index contributed by atoms with van der Waals surface area (Å²) >= 11 is 1.48. The topological polar surface area (TPSA) is 92.6 Å². The lowest BCUT2D eigenvalue weighted by Crippen LogP contribution is -2.35. The highest BCUT2D eigenvalue weighted by atomic mass is 32.1. The van der Waals surface area contributed by atoms with E-state index in [0.29, 0.717) is 23.9 Å². The van der Waals surface area contributed by atoms with Gasteiger partial charge in [-0.1, -0.05) is 23.5 Å². The fourth-order valence-electron chi connectivity index (χ4n) is 3.34. The van der Waals surface area contributed by atoms with E-state index in [-0.39, 0.29) is 17.9 Å². The van der Waals surface area contributed by atoms with Crippen molar-refractivity contribution >= 4 is 38.2 Å². The number of aromatic nitrogens is 4. The molecule has 0 bridgehead atoms. The average Bonchev–Trinajstić information content (AvgIpc) is 3.28. The molecule has 1 N–H and O–H groups in total. The zero-order chi connectivity index (χ0) is 20.5. The third-order valence-electron chi connectivity index (χ3n) is 4.86. The molecule has 1 aromatic carbocycles. The lowest BCUT2D eigenvalue weighted by Gasteiger charge is -2.20.